The summed E-state index contributed by atoms with van der Waals surface area (Å²) < 4.78 is 2.52. The molecule has 2 heteroatoms. The van der Waals surface area contributed by atoms with Crippen LogP contribution >= 0.6 is 0 Å². The van der Waals surface area contributed by atoms with E-state index in [4.69, 9.17) is 0 Å². The summed E-state index contributed by atoms with van der Waals surface area (Å²) in [6, 6.07) is 47.3. The van der Waals surface area contributed by atoms with E-state index in [0.29, 0.717) is 11.8 Å². The molecule has 5 aliphatic rings. The van der Waals surface area contributed by atoms with Gasteiger partial charge in [-0.1, -0.05) is 163 Å². The number of hydrogen-bond donors (Lipinski definition) is 0. The van der Waals surface area contributed by atoms with E-state index >= 15 is 0 Å². The number of para-hydroxylation sites is 2. The Bertz CT molecular complexity index is 2760. The third-order valence-corrected chi connectivity index (χ3v) is 12.7. The molecule has 4 unspecified atom stereocenters. The van der Waals surface area contributed by atoms with Crippen LogP contribution in [0.25, 0.3) is 38.6 Å². The van der Waals surface area contributed by atoms with E-state index in [-0.39, 0.29) is 12.0 Å². The Kier molecular flexibility index (Phi) is 8.09. The van der Waals surface area contributed by atoms with E-state index in [2.05, 4.69) is 204 Å². The molecule has 6 aromatic rings. The summed E-state index contributed by atoms with van der Waals surface area (Å²) >= 11 is 0. The van der Waals surface area contributed by atoms with Crippen LogP contribution in [0.1, 0.15) is 59.8 Å². The Hall–Kier alpha value is -6.38. The highest BCUT2D eigenvalue weighted by Crippen LogP contribution is 2.50. The van der Waals surface area contributed by atoms with E-state index in [1.54, 1.807) is 5.57 Å². The van der Waals surface area contributed by atoms with Crippen molar-refractivity contribution in [3.63, 3.8) is 0 Å². The topological polar surface area (TPSA) is 8.17 Å². The van der Waals surface area contributed by atoms with Crippen LogP contribution in [0, 0.1) is 5.92 Å². The molecule has 270 valence electrons. The number of nitrogens with zero attached hydrogens (tertiary/aromatic N) is 2. The molecular formula is C54H44N2. The molecule has 5 aromatic carbocycles. The first-order valence-corrected chi connectivity index (χ1v) is 20.3. The predicted octanol–water partition coefficient (Wildman–Crippen LogP) is 13.6. The minimum Gasteiger partial charge on any atom is -0.337 e. The fourth-order valence-electron chi connectivity index (χ4n) is 10.0. The van der Waals surface area contributed by atoms with E-state index in [9.17, 15) is 0 Å². The van der Waals surface area contributed by atoms with Gasteiger partial charge < -0.3 is 9.47 Å². The van der Waals surface area contributed by atoms with Crippen LogP contribution < -0.4 is 4.90 Å². The summed E-state index contributed by atoms with van der Waals surface area (Å²) in [5.41, 5.74) is 16.1. The van der Waals surface area contributed by atoms with Crippen molar-refractivity contribution >= 4 is 44.3 Å². The zero-order valence-corrected chi connectivity index (χ0v) is 31.5. The molecule has 0 saturated carbocycles. The van der Waals surface area contributed by atoms with Crippen molar-refractivity contribution in [2.24, 2.45) is 5.92 Å². The molecule has 1 aliphatic heterocycles. The van der Waals surface area contributed by atoms with Gasteiger partial charge in [0.25, 0.3) is 0 Å². The quantitative estimate of drug-likeness (QED) is 0.166. The molecule has 0 amide bonds. The second kappa shape index (κ2) is 13.7. The number of rotatable bonds is 6. The molecule has 4 atom stereocenters. The standard InChI is InChI=1S/C54H44N2/c1-4-14-37(15-5-1)40-24-28-45(29-25-40)55-51-22-12-10-20-47(51)49-35-41(26-30-53(49)55)42-27-31-54-50(36-42)48-21-11-13-23-52(48)56(54)46-33-43(38-16-6-2-7-17-38)32-44(34-46)39-18-8-3-9-19-39/h1-14,16-24,26-28,30-33,35-37,44,50,54H,15,25,29,34H2. The van der Waals surface area contributed by atoms with Crippen molar-refractivity contribution in [3.05, 3.63) is 228 Å². The van der Waals surface area contributed by atoms with Gasteiger partial charge in [0, 0.05) is 45.6 Å². The zero-order chi connectivity index (χ0) is 37.0. The highest BCUT2D eigenvalue weighted by Gasteiger charge is 2.40. The van der Waals surface area contributed by atoms with Crippen LogP contribution in [-0.4, -0.2) is 10.6 Å². The molecule has 0 bridgehead atoms. The molecule has 0 saturated heterocycles. The maximum Gasteiger partial charge on any atom is 0.0626 e. The zero-order valence-electron chi connectivity index (χ0n) is 31.5. The van der Waals surface area contributed by atoms with Gasteiger partial charge in [0.2, 0.25) is 0 Å². The second-order valence-electron chi connectivity index (χ2n) is 15.9. The van der Waals surface area contributed by atoms with Crippen LogP contribution in [0.15, 0.2) is 206 Å². The molecular weight excluding hydrogens is 677 g/mol. The predicted molar refractivity (Wildman–Crippen MR) is 236 cm³/mol. The van der Waals surface area contributed by atoms with Crippen LogP contribution in [0.2, 0.25) is 0 Å². The van der Waals surface area contributed by atoms with Gasteiger partial charge in [-0.25, -0.2) is 0 Å². The van der Waals surface area contributed by atoms with Crippen LogP contribution in [0.3, 0.4) is 0 Å². The summed E-state index contributed by atoms with van der Waals surface area (Å²) in [4.78, 5) is 2.64. The molecule has 0 spiro atoms. The monoisotopic (exact) mass is 720 g/mol. The number of allylic oxidation sites excluding steroid dienone is 14. The fraction of sp³-hybridized carbons (Fsp3) is 0.148. The summed E-state index contributed by atoms with van der Waals surface area (Å²) in [6.07, 6.45) is 30.3. The minimum atomic E-state index is 0.218. The summed E-state index contributed by atoms with van der Waals surface area (Å²) in [7, 11) is 0. The summed E-state index contributed by atoms with van der Waals surface area (Å²) in [5, 5.41) is 2.63. The normalized spacial score (nSPS) is 22.6. The van der Waals surface area contributed by atoms with Crippen molar-refractivity contribution in [3.8, 4) is 0 Å². The molecule has 2 nitrogen and oxygen atoms in total. The Labute approximate surface area is 329 Å². The summed E-state index contributed by atoms with van der Waals surface area (Å²) in [6.45, 7) is 0. The van der Waals surface area contributed by atoms with Crippen molar-refractivity contribution < 1.29 is 0 Å². The number of fused-ring (bicyclic) bond motifs is 6. The first kappa shape index (κ1) is 33.0. The lowest BCUT2D eigenvalue weighted by atomic mass is 9.84. The molecule has 4 aliphatic carbocycles. The molecule has 0 fully saturated rings. The Balaban J connectivity index is 0.956. The summed E-state index contributed by atoms with van der Waals surface area (Å²) in [5.74, 6) is 1.09. The van der Waals surface area contributed by atoms with Gasteiger partial charge >= 0.3 is 0 Å². The smallest absolute Gasteiger partial charge is 0.0626 e. The average molecular weight is 721 g/mol. The molecule has 56 heavy (non-hydrogen) atoms. The van der Waals surface area contributed by atoms with Gasteiger partial charge in [-0.3, -0.25) is 0 Å². The first-order valence-electron chi connectivity index (χ1n) is 20.3. The van der Waals surface area contributed by atoms with Crippen molar-refractivity contribution in [1.82, 2.24) is 4.57 Å². The van der Waals surface area contributed by atoms with E-state index in [1.807, 2.05) is 0 Å². The lowest BCUT2D eigenvalue weighted by molar-refractivity contribution is 0.684. The van der Waals surface area contributed by atoms with Gasteiger partial charge in [-0.15, -0.1) is 0 Å². The lowest BCUT2D eigenvalue weighted by Crippen LogP contribution is -2.33. The van der Waals surface area contributed by atoms with E-state index < -0.39 is 0 Å². The van der Waals surface area contributed by atoms with Crippen LogP contribution in [-0.2, 0) is 0 Å². The maximum absolute atomic E-state index is 2.64. The third-order valence-electron chi connectivity index (χ3n) is 12.7. The van der Waals surface area contributed by atoms with Gasteiger partial charge in [-0.05, 0) is 95.5 Å². The van der Waals surface area contributed by atoms with Crippen molar-refractivity contribution in [2.75, 3.05) is 4.90 Å². The molecule has 2 heterocycles. The van der Waals surface area contributed by atoms with E-state index in [1.165, 1.54) is 72.3 Å². The number of anilines is 1. The lowest BCUT2D eigenvalue weighted by Gasteiger charge is -2.35. The third kappa shape index (κ3) is 5.63. The largest absolute Gasteiger partial charge is 0.337 e. The highest BCUT2D eigenvalue weighted by molar-refractivity contribution is 6.11. The fourth-order valence-corrected chi connectivity index (χ4v) is 10.0. The van der Waals surface area contributed by atoms with Crippen LogP contribution in [0.4, 0.5) is 5.69 Å². The average Bonchev–Trinajstić information content (AvgIpc) is 3.79. The number of aromatic nitrogens is 1. The van der Waals surface area contributed by atoms with Gasteiger partial charge in [-0.2, -0.15) is 0 Å². The minimum absolute atomic E-state index is 0.218. The molecule has 0 radical (unpaired) electrons. The molecule has 11 rings (SSSR count). The number of benzene rings is 5. The Morgan fingerprint density at radius 2 is 1.38 bits per heavy atom. The van der Waals surface area contributed by atoms with Gasteiger partial charge in [0.05, 0.1) is 17.1 Å². The first-order chi connectivity index (χ1) is 27.8. The van der Waals surface area contributed by atoms with Crippen LogP contribution in [0.5, 0.6) is 0 Å². The second-order valence-corrected chi connectivity index (χ2v) is 15.9. The van der Waals surface area contributed by atoms with Gasteiger partial charge in [0.1, 0.15) is 0 Å². The Morgan fingerprint density at radius 1 is 0.571 bits per heavy atom. The Morgan fingerprint density at radius 3 is 2.21 bits per heavy atom. The van der Waals surface area contributed by atoms with Gasteiger partial charge in [0.15, 0.2) is 0 Å². The molecule has 0 N–H and O–H groups in total. The number of hydrogen-bond acceptors (Lipinski definition) is 1. The van der Waals surface area contributed by atoms with Crippen molar-refractivity contribution in [2.45, 2.75) is 43.6 Å². The maximum atomic E-state index is 2.64. The molecule has 1 aromatic heterocycles. The SMILES string of the molecule is C1=CCC(C2=CC=C(n3c4ccccc4c4cc(C5=CC6c7ccccc7N(C7=CC(c8ccccc8)=CC(c8ccccc8)C7)C6C=C5)ccc43)CC2)C=C1. The highest BCUT2D eigenvalue weighted by atomic mass is 15.2. The van der Waals surface area contributed by atoms with E-state index in [0.717, 1.165) is 25.7 Å². The van der Waals surface area contributed by atoms with Crippen molar-refractivity contribution in [1.29, 1.82) is 0 Å².